The Bertz CT molecular complexity index is 655. The molecule has 2 aromatic rings. The molecular weight excluding hydrogens is 232 g/mol. The lowest BCUT2D eigenvalue weighted by atomic mass is 10.1. The Morgan fingerprint density at radius 3 is 2.94 bits per heavy atom. The molecule has 0 spiro atoms. The number of nitrogens with two attached hydrogens (primary N) is 1. The number of H-pyrrole nitrogens is 2. The molecule has 3 rings (SSSR count). The van der Waals surface area contributed by atoms with Gasteiger partial charge in [0.25, 0.3) is 11.5 Å². The van der Waals surface area contributed by atoms with Crippen LogP contribution in [0, 0.1) is 5.41 Å². The summed E-state index contributed by atoms with van der Waals surface area (Å²) in [5.41, 5.74) is 7.24. The van der Waals surface area contributed by atoms with Gasteiger partial charge in [-0.2, -0.15) is 0 Å². The fourth-order valence-electron chi connectivity index (χ4n) is 1.68. The van der Waals surface area contributed by atoms with Gasteiger partial charge < -0.3 is 15.1 Å². The van der Waals surface area contributed by atoms with Gasteiger partial charge in [0.05, 0.1) is 12.0 Å². The average Bonchev–Trinajstić information content (AvgIpc) is 2.80. The van der Waals surface area contributed by atoms with E-state index in [0.29, 0.717) is 22.8 Å². The molecule has 0 radical (unpaired) electrons. The first-order chi connectivity index (χ1) is 8.72. The van der Waals surface area contributed by atoms with Crippen LogP contribution in [0.3, 0.4) is 0 Å². The first-order valence-corrected chi connectivity index (χ1v) is 5.36. The van der Waals surface area contributed by atoms with Crippen LogP contribution in [0.25, 0.3) is 11.2 Å². The van der Waals surface area contributed by atoms with Crippen LogP contribution in [0.2, 0.25) is 0 Å². The molecule has 0 fully saturated rings. The number of nitrogens with zero attached hydrogens (tertiary/aromatic N) is 2. The normalized spacial score (nSPS) is 18.4. The Morgan fingerprint density at radius 2 is 2.17 bits per heavy atom. The Balaban J connectivity index is 1.95. The molecule has 0 amide bonds. The van der Waals surface area contributed by atoms with E-state index in [4.69, 9.17) is 15.9 Å². The van der Waals surface area contributed by atoms with Crippen LogP contribution in [0.1, 0.15) is 0 Å². The van der Waals surface area contributed by atoms with Crippen molar-refractivity contribution in [3.63, 3.8) is 0 Å². The van der Waals surface area contributed by atoms with E-state index in [2.05, 4.69) is 19.9 Å². The minimum Gasteiger partial charge on any atom is -0.454 e. The monoisotopic (exact) mass is 243 g/mol. The van der Waals surface area contributed by atoms with Gasteiger partial charge in [-0.3, -0.25) is 5.73 Å². The molecule has 1 aliphatic rings. The number of fused-ring (bicyclic) bond motifs is 1. The number of imidazole rings is 1. The van der Waals surface area contributed by atoms with Crippen molar-refractivity contribution < 1.29 is 9.72 Å². The molecule has 2 heterocycles. The van der Waals surface area contributed by atoms with E-state index in [-0.39, 0.29) is 12.1 Å². The van der Waals surface area contributed by atoms with Gasteiger partial charge in [-0.25, -0.2) is 9.97 Å². The van der Waals surface area contributed by atoms with Gasteiger partial charge in [0, 0.05) is 0 Å². The maximum atomic E-state index is 7.42. The topological polar surface area (TPSA) is 115 Å². The van der Waals surface area contributed by atoms with Gasteiger partial charge in [0.15, 0.2) is 5.52 Å². The van der Waals surface area contributed by atoms with Crippen LogP contribution in [0.4, 0.5) is 5.95 Å². The predicted octanol–water partition coefficient (Wildman–Crippen LogP) is 0.247. The predicted molar refractivity (Wildman–Crippen MR) is 65.3 cm³/mol. The average molecular weight is 243 g/mol. The zero-order chi connectivity index (χ0) is 12.5. The van der Waals surface area contributed by atoms with Gasteiger partial charge in [0.1, 0.15) is 6.10 Å². The lowest BCUT2D eigenvalue weighted by Crippen LogP contribution is -2.22. The number of anilines is 1. The van der Waals surface area contributed by atoms with Crippen LogP contribution in [-0.2, 0) is 0 Å². The lowest BCUT2D eigenvalue weighted by molar-refractivity contribution is -0.380. The molecule has 0 unspecified atom stereocenters. The standard InChI is InChI=1S/C11H10N6O/c12-6-1-3-7(4-2-6)18-10-8-9(15-5-14-8)16-11(13)17-10/h1-5,7,12H,(H3,13,14,15,16,17)/p+1. The van der Waals surface area contributed by atoms with E-state index in [1.165, 1.54) is 6.33 Å². The molecule has 1 aliphatic carbocycles. The van der Waals surface area contributed by atoms with Crippen LogP contribution < -0.4 is 15.5 Å². The number of aromatic nitrogens is 4. The summed E-state index contributed by atoms with van der Waals surface area (Å²) in [4.78, 5) is 13.8. The van der Waals surface area contributed by atoms with Crippen LogP contribution in [0.15, 0.2) is 30.6 Å². The molecule has 5 N–H and O–H groups in total. The second-order valence-electron chi connectivity index (χ2n) is 3.81. The molecule has 7 nitrogen and oxygen atoms in total. The number of allylic oxidation sites excluding steroid dienone is 2. The van der Waals surface area contributed by atoms with E-state index in [1.807, 2.05) is 0 Å². The molecule has 0 aromatic carbocycles. The molecule has 0 bridgehead atoms. The minimum absolute atomic E-state index is 0.237. The highest BCUT2D eigenvalue weighted by molar-refractivity contribution is 6.02. The Kier molecular flexibility index (Phi) is 2.30. The summed E-state index contributed by atoms with van der Waals surface area (Å²) in [6.07, 6.45) is 8.21. The van der Waals surface area contributed by atoms with Gasteiger partial charge in [-0.15, -0.1) is 0 Å². The molecule has 0 saturated carbocycles. The van der Waals surface area contributed by atoms with Crippen molar-refractivity contribution in [1.82, 2.24) is 15.0 Å². The first-order valence-electron chi connectivity index (χ1n) is 5.36. The third-order valence-electron chi connectivity index (χ3n) is 2.50. The van der Waals surface area contributed by atoms with Crippen LogP contribution in [-0.4, -0.2) is 26.8 Å². The van der Waals surface area contributed by atoms with Crippen molar-refractivity contribution in [3.05, 3.63) is 30.6 Å². The second-order valence-corrected chi connectivity index (χ2v) is 3.81. The summed E-state index contributed by atoms with van der Waals surface area (Å²) in [7, 11) is 0. The van der Waals surface area contributed by atoms with Crippen molar-refractivity contribution in [2.45, 2.75) is 6.10 Å². The van der Waals surface area contributed by atoms with Crippen molar-refractivity contribution >= 4 is 22.8 Å². The number of hydrogen-bond donors (Lipinski definition) is 3. The molecule has 0 aliphatic heterocycles. The van der Waals surface area contributed by atoms with E-state index < -0.39 is 0 Å². The van der Waals surface area contributed by atoms with E-state index >= 15 is 0 Å². The van der Waals surface area contributed by atoms with E-state index in [0.717, 1.165) is 0 Å². The summed E-state index contributed by atoms with van der Waals surface area (Å²) < 4.78 is 5.74. The molecule has 0 atom stereocenters. The number of nitrogen functional groups attached to an aromatic ring is 1. The summed E-state index contributed by atoms with van der Waals surface area (Å²) in [5, 5.41) is 7.42. The van der Waals surface area contributed by atoms with Crippen molar-refractivity contribution in [1.29, 1.82) is 5.41 Å². The largest absolute Gasteiger partial charge is 0.454 e. The van der Waals surface area contributed by atoms with E-state index in [1.54, 1.807) is 24.3 Å². The fourth-order valence-corrected chi connectivity index (χ4v) is 1.68. The summed E-state index contributed by atoms with van der Waals surface area (Å²) in [6.45, 7) is 0. The minimum atomic E-state index is -0.247. The SMILES string of the molecule is N=C1C=CC(Oc2[nH+]c(N)nc3nc[nH]c23)C=C1. The highest BCUT2D eigenvalue weighted by Gasteiger charge is 2.17. The van der Waals surface area contributed by atoms with Crippen molar-refractivity contribution in [3.8, 4) is 5.88 Å². The van der Waals surface area contributed by atoms with Gasteiger partial charge in [-0.1, -0.05) is 0 Å². The Labute approximate surface area is 102 Å². The number of nitrogens with one attached hydrogen (secondary N) is 3. The number of aromatic amines is 2. The highest BCUT2D eigenvalue weighted by atomic mass is 16.5. The third kappa shape index (κ3) is 1.81. The number of rotatable bonds is 2. The zero-order valence-corrected chi connectivity index (χ0v) is 9.34. The summed E-state index contributed by atoms with van der Waals surface area (Å²) >= 11 is 0. The third-order valence-corrected chi connectivity index (χ3v) is 2.50. The van der Waals surface area contributed by atoms with Crippen molar-refractivity contribution in [2.75, 3.05) is 5.73 Å². The smallest absolute Gasteiger partial charge is 0.392 e. The Morgan fingerprint density at radius 1 is 1.39 bits per heavy atom. The number of hydrogen-bond acceptors (Lipinski definition) is 5. The van der Waals surface area contributed by atoms with Gasteiger partial charge in [-0.05, 0) is 29.3 Å². The first kappa shape index (κ1) is 10.5. The Hall–Kier alpha value is -2.70. The molecule has 0 saturated heterocycles. The molecular formula is C11H11N6O+. The number of ether oxygens (including phenoxy) is 1. The van der Waals surface area contributed by atoms with Crippen LogP contribution in [0.5, 0.6) is 5.88 Å². The molecule has 2 aromatic heterocycles. The lowest BCUT2D eigenvalue weighted by Gasteiger charge is -2.12. The van der Waals surface area contributed by atoms with Crippen LogP contribution >= 0.6 is 0 Å². The second kappa shape index (κ2) is 3.95. The summed E-state index contributed by atoms with van der Waals surface area (Å²) in [5.74, 6) is 0.712. The van der Waals surface area contributed by atoms with Gasteiger partial charge >= 0.3 is 5.95 Å². The molecule has 90 valence electrons. The summed E-state index contributed by atoms with van der Waals surface area (Å²) in [6, 6.07) is 0. The quantitative estimate of drug-likeness (QED) is 0.701. The zero-order valence-electron chi connectivity index (χ0n) is 9.34. The fraction of sp³-hybridized carbons (Fsp3) is 0.0909. The van der Waals surface area contributed by atoms with Gasteiger partial charge in [0.2, 0.25) is 0 Å². The van der Waals surface area contributed by atoms with E-state index in [9.17, 15) is 0 Å². The molecule has 18 heavy (non-hydrogen) atoms. The maximum absolute atomic E-state index is 7.42. The molecule has 7 heteroatoms. The van der Waals surface area contributed by atoms with Crippen molar-refractivity contribution in [2.24, 2.45) is 0 Å². The highest BCUT2D eigenvalue weighted by Crippen LogP contribution is 2.18. The maximum Gasteiger partial charge on any atom is 0.392 e.